The molecule has 1 N–H and O–H groups in total. The van der Waals surface area contributed by atoms with E-state index in [9.17, 15) is 13.2 Å². The molecule has 30 heavy (non-hydrogen) atoms. The van der Waals surface area contributed by atoms with Crippen LogP contribution < -0.4 is 5.32 Å². The summed E-state index contributed by atoms with van der Waals surface area (Å²) < 4.78 is 42.1. The summed E-state index contributed by atoms with van der Waals surface area (Å²) in [7, 11) is 0. The summed E-state index contributed by atoms with van der Waals surface area (Å²) in [6.45, 7) is 0.118. The van der Waals surface area contributed by atoms with E-state index in [1.54, 1.807) is 16.6 Å². The Morgan fingerprint density at radius 3 is 2.43 bits per heavy atom. The normalized spacial score (nSPS) is 11.3. The summed E-state index contributed by atoms with van der Waals surface area (Å²) in [6, 6.07) is 16.8. The Labute approximate surface area is 168 Å². The van der Waals surface area contributed by atoms with Gasteiger partial charge in [0.15, 0.2) is 5.65 Å². The third-order valence-electron chi connectivity index (χ3n) is 4.83. The standard InChI is InChI=1S/C22H14F3N5/c23-15-8-5-13(6-9-15)20-22-27-21(26-12-14-7-10-16(24)11-18(14)25)17-3-1-2-4-19(17)30(22)29-28-20/h1-11H,12H2,(H,26,27). The van der Waals surface area contributed by atoms with Crippen molar-refractivity contribution in [3.8, 4) is 11.3 Å². The van der Waals surface area contributed by atoms with Gasteiger partial charge in [0.25, 0.3) is 0 Å². The zero-order chi connectivity index (χ0) is 20.7. The smallest absolute Gasteiger partial charge is 0.186 e. The van der Waals surface area contributed by atoms with Crippen LogP contribution in [0.2, 0.25) is 0 Å². The maximum atomic E-state index is 14.0. The highest BCUT2D eigenvalue weighted by Gasteiger charge is 2.16. The largest absolute Gasteiger partial charge is 0.365 e. The van der Waals surface area contributed by atoms with E-state index in [-0.39, 0.29) is 12.4 Å². The molecule has 0 aliphatic rings. The predicted molar refractivity (Wildman–Crippen MR) is 107 cm³/mol. The summed E-state index contributed by atoms with van der Waals surface area (Å²) in [4.78, 5) is 4.66. The minimum Gasteiger partial charge on any atom is -0.365 e. The van der Waals surface area contributed by atoms with Crippen LogP contribution in [0.15, 0.2) is 66.7 Å². The molecule has 148 valence electrons. The van der Waals surface area contributed by atoms with Gasteiger partial charge in [-0.25, -0.2) is 18.2 Å². The molecule has 0 unspecified atom stereocenters. The molecule has 2 aromatic heterocycles. The summed E-state index contributed by atoms with van der Waals surface area (Å²) in [6.07, 6.45) is 0. The van der Waals surface area contributed by atoms with Crippen LogP contribution in [0.1, 0.15) is 5.56 Å². The number of fused-ring (bicyclic) bond motifs is 3. The van der Waals surface area contributed by atoms with Crippen LogP contribution in [0.5, 0.6) is 0 Å². The Bertz CT molecular complexity index is 1380. The quantitative estimate of drug-likeness (QED) is 0.459. The number of aromatic nitrogens is 4. The lowest BCUT2D eigenvalue weighted by Gasteiger charge is -2.11. The number of rotatable bonds is 4. The van der Waals surface area contributed by atoms with Crippen LogP contribution >= 0.6 is 0 Å². The fraction of sp³-hybridized carbons (Fsp3) is 0.0455. The van der Waals surface area contributed by atoms with Crippen molar-refractivity contribution >= 4 is 22.4 Å². The van der Waals surface area contributed by atoms with Crippen LogP contribution in [0, 0.1) is 17.5 Å². The average Bonchev–Trinajstić information content (AvgIpc) is 3.18. The first-order chi connectivity index (χ1) is 14.6. The van der Waals surface area contributed by atoms with Crippen LogP contribution in [0.3, 0.4) is 0 Å². The molecular formula is C22H14F3N5. The first-order valence-electron chi connectivity index (χ1n) is 9.18. The van der Waals surface area contributed by atoms with E-state index in [0.29, 0.717) is 28.3 Å². The number of hydrogen-bond acceptors (Lipinski definition) is 4. The number of benzene rings is 3. The monoisotopic (exact) mass is 405 g/mol. The Balaban J connectivity index is 1.62. The number of hydrogen-bond donors (Lipinski definition) is 1. The van der Waals surface area contributed by atoms with Gasteiger partial charge in [-0.15, -0.1) is 5.10 Å². The van der Waals surface area contributed by atoms with Crippen molar-refractivity contribution in [1.29, 1.82) is 0 Å². The molecule has 8 heteroatoms. The fourth-order valence-electron chi connectivity index (χ4n) is 3.34. The fourth-order valence-corrected chi connectivity index (χ4v) is 3.34. The molecular weight excluding hydrogens is 391 g/mol. The van der Waals surface area contributed by atoms with Gasteiger partial charge in [-0.3, -0.25) is 0 Å². The van der Waals surface area contributed by atoms with Gasteiger partial charge >= 0.3 is 0 Å². The third kappa shape index (κ3) is 3.12. The second-order valence-corrected chi connectivity index (χ2v) is 6.75. The minimum absolute atomic E-state index is 0.118. The zero-order valence-electron chi connectivity index (χ0n) is 15.5. The number of nitrogens with one attached hydrogen (secondary N) is 1. The van der Waals surface area contributed by atoms with Gasteiger partial charge in [0.1, 0.15) is 29.0 Å². The first kappa shape index (κ1) is 18.1. The molecule has 0 aliphatic carbocycles. The van der Waals surface area contributed by atoms with Crippen molar-refractivity contribution in [2.24, 2.45) is 0 Å². The van der Waals surface area contributed by atoms with Crippen molar-refractivity contribution in [2.75, 3.05) is 5.32 Å². The second-order valence-electron chi connectivity index (χ2n) is 6.75. The summed E-state index contributed by atoms with van der Waals surface area (Å²) in [5.41, 5.74) is 2.71. The zero-order valence-corrected chi connectivity index (χ0v) is 15.5. The molecule has 0 atom stereocenters. The SMILES string of the molecule is Fc1ccc(-c2nnn3c2nc(NCc2ccc(F)cc2F)c2ccccc23)cc1. The van der Waals surface area contributed by atoms with Gasteiger partial charge in [-0.2, -0.15) is 4.52 Å². The van der Waals surface area contributed by atoms with Crippen molar-refractivity contribution in [2.45, 2.75) is 6.54 Å². The lowest BCUT2D eigenvalue weighted by molar-refractivity contribution is 0.574. The molecule has 0 spiro atoms. The molecule has 0 bridgehead atoms. The molecule has 2 heterocycles. The van der Waals surface area contributed by atoms with E-state index in [2.05, 4.69) is 20.6 Å². The molecule has 0 saturated carbocycles. The maximum Gasteiger partial charge on any atom is 0.186 e. The first-order valence-corrected chi connectivity index (χ1v) is 9.18. The number of anilines is 1. The molecule has 5 rings (SSSR count). The van der Waals surface area contributed by atoms with Crippen LogP contribution in [-0.2, 0) is 6.54 Å². The number of para-hydroxylation sites is 1. The summed E-state index contributed by atoms with van der Waals surface area (Å²) in [5, 5.41) is 12.3. The van der Waals surface area contributed by atoms with Crippen LogP contribution in [-0.4, -0.2) is 19.8 Å². The molecule has 0 radical (unpaired) electrons. The number of halogens is 3. The molecule has 0 amide bonds. The molecule has 0 fully saturated rings. The molecule has 3 aromatic carbocycles. The van der Waals surface area contributed by atoms with Crippen molar-refractivity contribution in [3.05, 3.63) is 89.7 Å². The molecule has 5 aromatic rings. The maximum absolute atomic E-state index is 14.0. The molecule has 0 aliphatic heterocycles. The highest BCUT2D eigenvalue weighted by molar-refractivity contribution is 5.93. The van der Waals surface area contributed by atoms with Gasteiger partial charge < -0.3 is 5.32 Å². The molecule has 0 saturated heterocycles. The van der Waals surface area contributed by atoms with Gasteiger partial charge in [0.05, 0.1) is 5.52 Å². The lowest BCUT2D eigenvalue weighted by atomic mass is 10.1. The minimum atomic E-state index is -0.633. The van der Waals surface area contributed by atoms with Crippen molar-refractivity contribution in [3.63, 3.8) is 0 Å². The van der Waals surface area contributed by atoms with E-state index in [4.69, 9.17) is 0 Å². The van der Waals surface area contributed by atoms with Crippen LogP contribution in [0.25, 0.3) is 27.8 Å². The van der Waals surface area contributed by atoms with E-state index < -0.39 is 11.6 Å². The molecule has 5 nitrogen and oxygen atoms in total. The van der Waals surface area contributed by atoms with E-state index >= 15 is 0 Å². The highest BCUT2D eigenvalue weighted by atomic mass is 19.1. The van der Waals surface area contributed by atoms with Crippen molar-refractivity contribution in [1.82, 2.24) is 19.8 Å². The van der Waals surface area contributed by atoms with E-state index in [1.807, 2.05) is 24.3 Å². The highest BCUT2D eigenvalue weighted by Crippen LogP contribution is 2.28. The Morgan fingerprint density at radius 2 is 1.63 bits per heavy atom. The van der Waals surface area contributed by atoms with E-state index in [0.717, 1.165) is 17.0 Å². The summed E-state index contributed by atoms with van der Waals surface area (Å²) in [5.74, 6) is -1.11. The summed E-state index contributed by atoms with van der Waals surface area (Å²) >= 11 is 0. The van der Waals surface area contributed by atoms with Gasteiger partial charge in [-0.05, 0) is 42.5 Å². The van der Waals surface area contributed by atoms with Crippen molar-refractivity contribution < 1.29 is 13.2 Å². The van der Waals surface area contributed by atoms with Gasteiger partial charge in [-0.1, -0.05) is 23.4 Å². The third-order valence-corrected chi connectivity index (χ3v) is 4.83. The second kappa shape index (κ2) is 7.14. The topological polar surface area (TPSA) is 55.1 Å². The van der Waals surface area contributed by atoms with Gasteiger partial charge in [0, 0.05) is 29.1 Å². The Hall–Kier alpha value is -3.94. The Kier molecular flexibility index (Phi) is 4.31. The lowest BCUT2D eigenvalue weighted by Crippen LogP contribution is -2.06. The number of nitrogens with zero attached hydrogens (tertiary/aromatic N) is 4. The van der Waals surface area contributed by atoms with Gasteiger partial charge in [0.2, 0.25) is 0 Å². The Morgan fingerprint density at radius 1 is 0.867 bits per heavy atom. The predicted octanol–water partition coefficient (Wildman–Crippen LogP) is 4.97. The van der Waals surface area contributed by atoms with Crippen LogP contribution in [0.4, 0.5) is 19.0 Å². The average molecular weight is 405 g/mol. The van der Waals surface area contributed by atoms with E-state index in [1.165, 1.54) is 24.3 Å².